The highest BCUT2D eigenvalue weighted by atomic mass is 35.5. The number of aromatic nitrogens is 2. The topological polar surface area (TPSA) is 95.1 Å². The normalized spacial score (nSPS) is 10.5. The second-order valence-corrected chi connectivity index (χ2v) is 5.97. The minimum absolute atomic E-state index is 0.0960. The number of amides is 1. The Balaban J connectivity index is 1.88. The molecule has 0 aliphatic rings. The third-order valence-electron chi connectivity index (χ3n) is 3.37. The molecule has 25 heavy (non-hydrogen) atoms. The highest BCUT2D eigenvalue weighted by Gasteiger charge is 2.14. The molecule has 0 aliphatic carbocycles. The molecular formula is C17H11Cl2N3O3. The van der Waals surface area contributed by atoms with Crippen molar-refractivity contribution in [2.24, 2.45) is 0 Å². The van der Waals surface area contributed by atoms with Crippen LogP contribution in [-0.2, 0) is 0 Å². The summed E-state index contributed by atoms with van der Waals surface area (Å²) in [7, 11) is 0. The van der Waals surface area contributed by atoms with Crippen LogP contribution in [0.3, 0.4) is 0 Å². The van der Waals surface area contributed by atoms with E-state index >= 15 is 0 Å². The molecule has 1 amide bonds. The minimum atomic E-state index is -0.714. The van der Waals surface area contributed by atoms with Gasteiger partial charge >= 0.3 is 0 Å². The van der Waals surface area contributed by atoms with Crippen molar-refractivity contribution in [3.8, 4) is 17.1 Å². The highest BCUT2D eigenvalue weighted by Crippen LogP contribution is 2.26. The van der Waals surface area contributed by atoms with Crippen LogP contribution in [-0.4, -0.2) is 21.0 Å². The number of hydrogen-bond acceptors (Lipinski definition) is 4. The van der Waals surface area contributed by atoms with E-state index in [1.165, 1.54) is 24.4 Å². The number of hydrogen-bond donors (Lipinski definition) is 3. The Hall–Kier alpha value is -2.83. The first-order valence-corrected chi connectivity index (χ1v) is 7.85. The van der Waals surface area contributed by atoms with Gasteiger partial charge in [-0.05, 0) is 42.5 Å². The quantitative estimate of drug-likeness (QED) is 0.608. The number of aromatic hydroxyl groups is 1. The van der Waals surface area contributed by atoms with Crippen LogP contribution in [0.4, 0.5) is 5.69 Å². The summed E-state index contributed by atoms with van der Waals surface area (Å²) in [5.74, 6) is -0.572. The fraction of sp³-hybridized carbons (Fsp3) is 0. The molecule has 0 bridgehead atoms. The third kappa shape index (κ3) is 3.81. The molecule has 0 aliphatic heterocycles. The van der Waals surface area contributed by atoms with Crippen molar-refractivity contribution in [2.45, 2.75) is 0 Å². The summed E-state index contributed by atoms with van der Waals surface area (Å²) in [6.45, 7) is 0. The number of anilines is 1. The van der Waals surface area contributed by atoms with E-state index in [-0.39, 0.29) is 17.0 Å². The van der Waals surface area contributed by atoms with Crippen LogP contribution < -0.4 is 10.9 Å². The van der Waals surface area contributed by atoms with Gasteiger partial charge in [-0.2, -0.15) is 0 Å². The molecule has 0 saturated carbocycles. The number of aromatic amines is 1. The maximum atomic E-state index is 12.2. The Morgan fingerprint density at radius 1 is 1.08 bits per heavy atom. The summed E-state index contributed by atoms with van der Waals surface area (Å²) in [6, 6.07) is 10.9. The van der Waals surface area contributed by atoms with Crippen molar-refractivity contribution < 1.29 is 9.90 Å². The van der Waals surface area contributed by atoms with E-state index in [0.29, 0.717) is 21.4 Å². The average molecular weight is 376 g/mol. The minimum Gasteiger partial charge on any atom is -0.506 e. The van der Waals surface area contributed by atoms with Gasteiger partial charge in [0.05, 0.1) is 5.69 Å². The molecule has 2 aromatic carbocycles. The summed E-state index contributed by atoms with van der Waals surface area (Å²) < 4.78 is 0. The van der Waals surface area contributed by atoms with E-state index in [1.54, 1.807) is 24.3 Å². The second kappa shape index (κ2) is 6.96. The Kier molecular flexibility index (Phi) is 4.74. The van der Waals surface area contributed by atoms with Crippen LogP contribution >= 0.6 is 23.2 Å². The monoisotopic (exact) mass is 375 g/mol. The molecule has 8 heteroatoms. The lowest BCUT2D eigenvalue weighted by molar-refractivity contribution is 0.102. The number of carbonyl (C=O) groups is 1. The van der Waals surface area contributed by atoms with E-state index in [0.717, 1.165) is 0 Å². The van der Waals surface area contributed by atoms with Gasteiger partial charge in [-0.25, -0.2) is 4.98 Å². The number of nitrogens with zero attached hydrogens (tertiary/aromatic N) is 1. The lowest BCUT2D eigenvalue weighted by Gasteiger charge is -2.08. The van der Waals surface area contributed by atoms with Crippen molar-refractivity contribution in [1.29, 1.82) is 0 Å². The van der Waals surface area contributed by atoms with Gasteiger partial charge in [0.25, 0.3) is 11.5 Å². The molecule has 0 saturated heterocycles. The number of H-pyrrole nitrogens is 1. The molecule has 1 heterocycles. The smallest absolute Gasteiger partial charge is 0.264 e. The number of phenols is 1. The van der Waals surface area contributed by atoms with E-state index in [9.17, 15) is 14.7 Å². The molecule has 3 N–H and O–H groups in total. The molecule has 0 radical (unpaired) electrons. The summed E-state index contributed by atoms with van der Waals surface area (Å²) in [5, 5.41) is 13.0. The maximum Gasteiger partial charge on any atom is 0.264 e. The predicted octanol–water partition coefficient (Wildman–Crippen LogP) is 3.70. The predicted molar refractivity (Wildman–Crippen MR) is 96.4 cm³/mol. The first kappa shape index (κ1) is 17.0. The molecule has 126 valence electrons. The Bertz CT molecular complexity index is 1000. The number of phenolic OH excluding ortho intramolecular Hbond substituents is 1. The third-order valence-corrected chi connectivity index (χ3v) is 3.86. The van der Waals surface area contributed by atoms with Crippen molar-refractivity contribution in [3.05, 3.63) is 74.6 Å². The standard InChI is InChI=1S/C17H11Cl2N3O3/c18-10-3-1-9(2-4-10)15-20-8-12(17(25)22-15)16(24)21-13-7-11(19)5-6-14(13)23/h1-8,23H,(H,21,24)(H,20,22,25). The lowest BCUT2D eigenvalue weighted by Crippen LogP contribution is -2.24. The molecule has 1 aromatic heterocycles. The van der Waals surface area contributed by atoms with E-state index in [4.69, 9.17) is 23.2 Å². The van der Waals surface area contributed by atoms with Crippen molar-refractivity contribution in [2.75, 3.05) is 5.32 Å². The van der Waals surface area contributed by atoms with E-state index in [1.807, 2.05) is 0 Å². The van der Waals surface area contributed by atoms with Crippen LogP contribution in [0.25, 0.3) is 11.4 Å². The zero-order valence-electron chi connectivity index (χ0n) is 12.6. The average Bonchev–Trinajstić information content (AvgIpc) is 2.58. The first-order valence-electron chi connectivity index (χ1n) is 7.09. The van der Waals surface area contributed by atoms with Crippen LogP contribution in [0.15, 0.2) is 53.5 Å². The second-order valence-electron chi connectivity index (χ2n) is 5.10. The highest BCUT2D eigenvalue weighted by molar-refractivity contribution is 6.31. The van der Waals surface area contributed by atoms with Gasteiger partial charge in [0.15, 0.2) is 0 Å². The molecular weight excluding hydrogens is 365 g/mol. The van der Waals surface area contributed by atoms with Crippen LogP contribution in [0.2, 0.25) is 10.0 Å². The van der Waals surface area contributed by atoms with Gasteiger partial charge in [-0.15, -0.1) is 0 Å². The number of halogens is 2. The Labute approximate surface area is 152 Å². The molecule has 3 rings (SSSR count). The van der Waals surface area contributed by atoms with E-state index in [2.05, 4.69) is 15.3 Å². The van der Waals surface area contributed by atoms with Gasteiger partial charge in [-0.3, -0.25) is 9.59 Å². The largest absolute Gasteiger partial charge is 0.506 e. The zero-order chi connectivity index (χ0) is 18.0. The maximum absolute atomic E-state index is 12.2. The fourth-order valence-corrected chi connectivity index (χ4v) is 2.41. The SMILES string of the molecule is O=C(Nc1cc(Cl)ccc1O)c1cnc(-c2ccc(Cl)cc2)[nH]c1=O. The summed E-state index contributed by atoms with van der Waals surface area (Å²) in [6.07, 6.45) is 1.17. The fourth-order valence-electron chi connectivity index (χ4n) is 2.11. The lowest BCUT2D eigenvalue weighted by atomic mass is 10.2. The summed E-state index contributed by atoms with van der Waals surface area (Å²) >= 11 is 11.6. The van der Waals surface area contributed by atoms with Gasteiger partial charge in [0, 0.05) is 21.8 Å². The first-order chi connectivity index (χ1) is 11.9. The van der Waals surface area contributed by atoms with Gasteiger partial charge in [0.1, 0.15) is 17.1 Å². The molecule has 6 nitrogen and oxygen atoms in total. The molecule has 0 fully saturated rings. The Morgan fingerprint density at radius 3 is 2.44 bits per heavy atom. The number of rotatable bonds is 3. The van der Waals surface area contributed by atoms with Crippen LogP contribution in [0.5, 0.6) is 5.75 Å². The van der Waals surface area contributed by atoms with Gasteiger partial charge in [-0.1, -0.05) is 23.2 Å². The molecule has 0 unspecified atom stereocenters. The van der Waals surface area contributed by atoms with Crippen molar-refractivity contribution in [1.82, 2.24) is 9.97 Å². The number of carbonyl (C=O) groups excluding carboxylic acids is 1. The molecule has 0 spiro atoms. The van der Waals surface area contributed by atoms with Crippen LogP contribution in [0, 0.1) is 0 Å². The van der Waals surface area contributed by atoms with Gasteiger partial charge in [0.2, 0.25) is 0 Å². The summed E-state index contributed by atoms with van der Waals surface area (Å²) in [4.78, 5) is 31.1. The van der Waals surface area contributed by atoms with Gasteiger partial charge < -0.3 is 15.4 Å². The molecule has 3 aromatic rings. The Morgan fingerprint density at radius 2 is 1.76 bits per heavy atom. The van der Waals surface area contributed by atoms with E-state index < -0.39 is 11.5 Å². The van der Waals surface area contributed by atoms with Crippen LogP contribution in [0.1, 0.15) is 10.4 Å². The van der Waals surface area contributed by atoms with Crippen molar-refractivity contribution in [3.63, 3.8) is 0 Å². The number of benzene rings is 2. The zero-order valence-corrected chi connectivity index (χ0v) is 14.1. The molecule has 0 atom stereocenters. The van der Waals surface area contributed by atoms with Crippen molar-refractivity contribution >= 4 is 34.8 Å². The summed E-state index contributed by atoms with van der Waals surface area (Å²) in [5.41, 5.74) is -0.0596. The number of nitrogens with one attached hydrogen (secondary N) is 2.